The fourth-order valence-corrected chi connectivity index (χ4v) is 2.94. The number of nitrogens with zero attached hydrogens (tertiary/aromatic N) is 1. The van der Waals surface area contributed by atoms with Gasteiger partial charge < -0.3 is 4.74 Å². The van der Waals surface area contributed by atoms with Crippen LogP contribution in [0.5, 0.6) is 5.75 Å². The molecule has 0 unspecified atom stereocenters. The van der Waals surface area contributed by atoms with E-state index in [1.165, 1.54) is 31.4 Å². The molecule has 0 amide bonds. The zero-order valence-electron chi connectivity index (χ0n) is 10.7. The van der Waals surface area contributed by atoms with Gasteiger partial charge in [0.05, 0.1) is 4.90 Å². The van der Waals surface area contributed by atoms with Crippen LogP contribution in [0.3, 0.4) is 0 Å². The van der Waals surface area contributed by atoms with E-state index in [2.05, 4.69) is 4.90 Å². The lowest BCUT2D eigenvalue weighted by molar-refractivity contribution is 0.183. The van der Waals surface area contributed by atoms with E-state index >= 15 is 0 Å². The Balaban J connectivity index is 1.80. The van der Waals surface area contributed by atoms with Crippen molar-refractivity contribution in [3.8, 4) is 5.75 Å². The van der Waals surface area contributed by atoms with Crippen molar-refractivity contribution in [1.82, 2.24) is 4.90 Å². The molecular weight excluding hydrogens is 286 g/mol. The molecule has 1 fully saturated rings. The maximum Gasteiger partial charge on any atom is 0.261 e. The first-order chi connectivity index (χ1) is 9.05. The lowest BCUT2D eigenvalue weighted by Gasteiger charge is -2.26. The van der Waals surface area contributed by atoms with Gasteiger partial charge in [-0.15, -0.1) is 0 Å². The minimum atomic E-state index is -3.65. The second kappa shape index (κ2) is 6.59. The van der Waals surface area contributed by atoms with Crippen molar-refractivity contribution in [1.29, 1.82) is 0 Å². The Kier molecular flexibility index (Phi) is 5.07. The van der Waals surface area contributed by atoms with E-state index in [-0.39, 0.29) is 4.90 Å². The van der Waals surface area contributed by atoms with Gasteiger partial charge in [0, 0.05) is 17.2 Å². The third-order valence-electron chi connectivity index (χ3n) is 3.23. The number of ether oxygens (including phenoxy) is 1. The quantitative estimate of drug-likeness (QED) is 0.784. The van der Waals surface area contributed by atoms with E-state index < -0.39 is 9.05 Å². The Bertz CT molecular complexity index is 495. The topological polar surface area (TPSA) is 46.6 Å². The van der Waals surface area contributed by atoms with Gasteiger partial charge in [0.15, 0.2) is 0 Å². The second-order valence-electron chi connectivity index (χ2n) is 4.66. The largest absolute Gasteiger partial charge is 0.492 e. The first-order valence-corrected chi connectivity index (χ1v) is 8.76. The van der Waals surface area contributed by atoms with E-state index in [9.17, 15) is 8.42 Å². The molecule has 1 aliphatic heterocycles. The molecule has 1 aliphatic rings. The standard InChI is InChI=1S/C13H18ClNO3S/c14-19(16,17)13-6-4-12(5-7-13)18-11-10-15-8-2-1-3-9-15/h4-7H,1-3,8-11H2. The summed E-state index contributed by atoms with van der Waals surface area (Å²) in [6.45, 7) is 3.82. The predicted molar refractivity (Wildman–Crippen MR) is 75.3 cm³/mol. The lowest BCUT2D eigenvalue weighted by Crippen LogP contribution is -2.33. The summed E-state index contributed by atoms with van der Waals surface area (Å²) < 4.78 is 27.8. The number of hydrogen-bond acceptors (Lipinski definition) is 4. The highest BCUT2D eigenvalue weighted by atomic mass is 35.7. The van der Waals surface area contributed by atoms with E-state index in [1.807, 2.05) is 0 Å². The van der Waals surface area contributed by atoms with Crippen LogP contribution < -0.4 is 4.74 Å². The van der Waals surface area contributed by atoms with Crippen molar-refractivity contribution in [3.05, 3.63) is 24.3 Å². The van der Waals surface area contributed by atoms with Crippen LogP contribution in [0.25, 0.3) is 0 Å². The molecule has 0 saturated carbocycles. The molecule has 2 rings (SSSR count). The van der Waals surface area contributed by atoms with Crippen LogP contribution in [-0.2, 0) is 9.05 Å². The van der Waals surface area contributed by atoms with Crippen molar-refractivity contribution in [2.45, 2.75) is 24.2 Å². The molecule has 1 aromatic carbocycles. The summed E-state index contributed by atoms with van der Waals surface area (Å²) in [4.78, 5) is 2.48. The van der Waals surface area contributed by atoms with Crippen LogP contribution in [0.1, 0.15) is 19.3 Å². The molecule has 6 heteroatoms. The highest BCUT2D eigenvalue weighted by Gasteiger charge is 2.11. The van der Waals surface area contributed by atoms with Crippen LogP contribution in [0.15, 0.2) is 29.2 Å². The zero-order valence-corrected chi connectivity index (χ0v) is 12.3. The predicted octanol–water partition coefficient (Wildman–Crippen LogP) is 2.48. The summed E-state index contributed by atoms with van der Waals surface area (Å²) in [6.07, 6.45) is 3.86. The number of rotatable bonds is 5. The fraction of sp³-hybridized carbons (Fsp3) is 0.538. The van der Waals surface area contributed by atoms with Gasteiger partial charge in [-0.1, -0.05) is 6.42 Å². The summed E-state index contributed by atoms with van der Waals surface area (Å²) in [5.74, 6) is 0.668. The summed E-state index contributed by atoms with van der Waals surface area (Å²) in [5, 5.41) is 0. The maximum absolute atomic E-state index is 11.1. The Hall–Kier alpha value is -0.780. The molecule has 19 heavy (non-hydrogen) atoms. The third kappa shape index (κ3) is 4.67. The minimum absolute atomic E-state index is 0.0950. The molecule has 106 valence electrons. The Morgan fingerprint density at radius 2 is 1.74 bits per heavy atom. The van der Waals surface area contributed by atoms with Gasteiger partial charge in [0.2, 0.25) is 0 Å². The summed E-state index contributed by atoms with van der Waals surface area (Å²) in [6, 6.07) is 6.17. The molecule has 4 nitrogen and oxygen atoms in total. The molecule has 0 aliphatic carbocycles. The van der Waals surface area contributed by atoms with Crippen molar-refractivity contribution < 1.29 is 13.2 Å². The monoisotopic (exact) mass is 303 g/mol. The number of benzene rings is 1. The summed E-state index contributed by atoms with van der Waals surface area (Å²) >= 11 is 0. The first kappa shape index (κ1) is 14.6. The third-order valence-corrected chi connectivity index (χ3v) is 4.60. The Morgan fingerprint density at radius 3 is 2.32 bits per heavy atom. The van der Waals surface area contributed by atoms with Gasteiger partial charge in [-0.2, -0.15) is 0 Å². The number of hydrogen-bond donors (Lipinski definition) is 0. The van der Waals surface area contributed by atoms with E-state index in [1.54, 1.807) is 12.1 Å². The van der Waals surface area contributed by atoms with Crippen molar-refractivity contribution in [3.63, 3.8) is 0 Å². The highest BCUT2D eigenvalue weighted by molar-refractivity contribution is 8.13. The molecule has 0 aromatic heterocycles. The van der Waals surface area contributed by atoms with Gasteiger partial charge >= 0.3 is 0 Å². The minimum Gasteiger partial charge on any atom is -0.492 e. The van der Waals surface area contributed by atoms with E-state index in [4.69, 9.17) is 15.4 Å². The fourth-order valence-electron chi connectivity index (χ4n) is 2.17. The van der Waals surface area contributed by atoms with Crippen LogP contribution in [-0.4, -0.2) is 39.6 Å². The summed E-state index contributed by atoms with van der Waals surface area (Å²) in [7, 11) is 1.59. The zero-order chi connectivity index (χ0) is 13.7. The number of likely N-dealkylation sites (tertiary alicyclic amines) is 1. The molecule has 1 aromatic rings. The average molecular weight is 304 g/mol. The normalized spacial score (nSPS) is 17.3. The van der Waals surface area contributed by atoms with Crippen LogP contribution >= 0.6 is 10.7 Å². The van der Waals surface area contributed by atoms with Crippen molar-refractivity contribution in [2.24, 2.45) is 0 Å². The summed E-state index contributed by atoms with van der Waals surface area (Å²) in [5.41, 5.74) is 0. The lowest BCUT2D eigenvalue weighted by atomic mass is 10.1. The van der Waals surface area contributed by atoms with Crippen molar-refractivity contribution in [2.75, 3.05) is 26.2 Å². The van der Waals surface area contributed by atoms with Gasteiger partial charge in [-0.25, -0.2) is 8.42 Å². The SMILES string of the molecule is O=S(=O)(Cl)c1ccc(OCCN2CCCCC2)cc1. The molecule has 0 atom stereocenters. The molecule has 0 bridgehead atoms. The number of piperidine rings is 1. The van der Waals surface area contributed by atoms with Gasteiger partial charge in [0.25, 0.3) is 9.05 Å². The second-order valence-corrected chi connectivity index (χ2v) is 7.23. The smallest absolute Gasteiger partial charge is 0.261 e. The molecule has 0 spiro atoms. The molecule has 0 radical (unpaired) electrons. The highest BCUT2D eigenvalue weighted by Crippen LogP contribution is 2.19. The molecular formula is C13H18ClNO3S. The van der Waals surface area contributed by atoms with Crippen LogP contribution in [0.2, 0.25) is 0 Å². The molecule has 1 saturated heterocycles. The molecule has 1 heterocycles. The van der Waals surface area contributed by atoms with Gasteiger partial charge in [-0.3, -0.25) is 4.90 Å². The molecule has 0 N–H and O–H groups in total. The average Bonchev–Trinajstić information content (AvgIpc) is 2.39. The van der Waals surface area contributed by atoms with Gasteiger partial charge in [-0.05, 0) is 50.2 Å². The Labute approximate surface area is 118 Å². The number of halogens is 1. The maximum atomic E-state index is 11.1. The van der Waals surface area contributed by atoms with Crippen LogP contribution in [0.4, 0.5) is 0 Å². The van der Waals surface area contributed by atoms with Crippen molar-refractivity contribution >= 4 is 19.7 Å². The Morgan fingerprint density at radius 1 is 1.11 bits per heavy atom. The van der Waals surface area contributed by atoms with E-state index in [0.717, 1.165) is 19.6 Å². The first-order valence-electron chi connectivity index (χ1n) is 6.45. The van der Waals surface area contributed by atoms with E-state index in [0.29, 0.717) is 12.4 Å². The van der Waals surface area contributed by atoms with Crippen LogP contribution in [0, 0.1) is 0 Å². The van der Waals surface area contributed by atoms with Gasteiger partial charge in [0.1, 0.15) is 12.4 Å².